The minimum Gasteiger partial charge on any atom is -0.550 e. The molecule has 0 amide bonds. The fraction of sp³-hybridized carbons (Fsp3) is 0.333. The summed E-state index contributed by atoms with van der Waals surface area (Å²) >= 11 is 0. The number of aliphatic carboxylic acids is 2. The molecule has 3 rings (SSSR count). The van der Waals surface area contributed by atoms with Gasteiger partial charge in [-0.3, -0.25) is 9.98 Å². The molecule has 0 aliphatic rings. The smallest absolute Gasteiger partial charge is 0.550 e. The van der Waals surface area contributed by atoms with Gasteiger partial charge in [0.15, 0.2) is 0 Å². The molecule has 43 heavy (non-hydrogen) atoms. The molecule has 0 unspecified atom stereocenters. The first-order valence-electron chi connectivity index (χ1n) is 13.5. The summed E-state index contributed by atoms with van der Waals surface area (Å²) in [5.41, 5.74) is 4.83. The summed E-state index contributed by atoms with van der Waals surface area (Å²) in [7, 11) is 1.60. The van der Waals surface area contributed by atoms with Gasteiger partial charge in [0.05, 0.1) is 18.5 Å². The van der Waals surface area contributed by atoms with Crippen LogP contribution >= 0.6 is 0 Å². The number of carbonyl (C=O) groups is 2. The van der Waals surface area contributed by atoms with Crippen LogP contribution in [0.15, 0.2) is 64.6 Å². The Morgan fingerprint density at radius 1 is 0.744 bits per heavy atom. The number of nitrogens with zero attached hydrogens (tertiary/aromatic N) is 2. The Labute approximate surface area is 264 Å². The molecule has 3 aromatic rings. The molecule has 233 valence electrons. The number of phenolic OH excluding ortho intramolecular Hbond substituents is 2. The Morgan fingerprint density at radius 3 is 1.51 bits per heavy atom. The van der Waals surface area contributed by atoms with E-state index in [9.17, 15) is 10.2 Å². The molecule has 0 bridgehead atoms. The zero-order valence-electron chi connectivity index (χ0n) is 25.6. The van der Waals surface area contributed by atoms with E-state index in [0.717, 1.165) is 37.8 Å². The predicted molar refractivity (Wildman–Crippen MR) is 162 cm³/mol. The van der Waals surface area contributed by atoms with Crippen LogP contribution in [-0.4, -0.2) is 41.7 Å². The van der Waals surface area contributed by atoms with Gasteiger partial charge in [0, 0.05) is 41.6 Å². The average Bonchev–Trinajstić information content (AvgIpc) is 2.88. The van der Waals surface area contributed by atoms with Crippen molar-refractivity contribution in [1.82, 2.24) is 0 Å². The molecule has 0 aromatic heterocycles. The fourth-order valence-electron chi connectivity index (χ4n) is 3.73. The van der Waals surface area contributed by atoms with Crippen molar-refractivity contribution in [3.05, 3.63) is 76.9 Å². The molecule has 10 heteroatoms. The van der Waals surface area contributed by atoms with Crippen LogP contribution in [0, 0.1) is 11.8 Å². The molecule has 0 aliphatic heterocycles. The zero-order chi connectivity index (χ0) is 31.8. The van der Waals surface area contributed by atoms with Crippen molar-refractivity contribution in [3.63, 3.8) is 0 Å². The Morgan fingerprint density at radius 2 is 1.14 bits per heavy atom. The first kappa shape index (κ1) is 38.8. The molecule has 0 spiro atoms. The summed E-state index contributed by atoms with van der Waals surface area (Å²) < 4.78 is 5.37. The number of phenols is 2. The van der Waals surface area contributed by atoms with Crippen LogP contribution in [0.3, 0.4) is 0 Å². The number of carboxylic acid groups (broad SMARTS) is 2. The number of rotatable bonds is 9. The number of benzene rings is 3. The maximum Gasteiger partial charge on any atom is 2.00 e. The summed E-state index contributed by atoms with van der Waals surface area (Å²) in [6.07, 6.45) is 5.15. The van der Waals surface area contributed by atoms with E-state index < -0.39 is 11.9 Å². The third kappa shape index (κ3) is 16.2. The first-order valence-corrected chi connectivity index (χ1v) is 13.5. The van der Waals surface area contributed by atoms with Gasteiger partial charge in [0.1, 0.15) is 17.2 Å². The monoisotopic (exact) mass is 635 g/mol. The molecule has 0 saturated heterocycles. The second-order valence-electron chi connectivity index (χ2n) is 10.3. The second kappa shape index (κ2) is 19.9. The number of ether oxygens (including phenoxy) is 1. The SMILES string of the molecule is CC(=O)[O-].CC(=O)[O-].COc1ccc(N=Cc2cc(CC(C)C)ccc2O)c(N=Cc2cc(CC(C)C)ccc2O)c1.[Co+2]. The van der Waals surface area contributed by atoms with Gasteiger partial charge >= 0.3 is 16.8 Å². The third-order valence-corrected chi connectivity index (χ3v) is 5.34. The van der Waals surface area contributed by atoms with Crippen LogP contribution in [0.25, 0.3) is 0 Å². The van der Waals surface area contributed by atoms with Crippen LogP contribution in [0.5, 0.6) is 17.2 Å². The van der Waals surface area contributed by atoms with Crippen molar-refractivity contribution >= 4 is 35.7 Å². The summed E-state index contributed by atoms with van der Waals surface area (Å²) in [6.45, 7) is 10.6. The molecule has 3 aromatic carbocycles. The number of hydrogen-bond acceptors (Lipinski definition) is 9. The van der Waals surface area contributed by atoms with E-state index in [0.29, 0.717) is 40.1 Å². The molecule has 2 N–H and O–H groups in total. The van der Waals surface area contributed by atoms with Gasteiger partial charge in [0.2, 0.25) is 0 Å². The molecule has 0 fully saturated rings. The van der Waals surface area contributed by atoms with E-state index >= 15 is 0 Å². The van der Waals surface area contributed by atoms with E-state index in [1.807, 2.05) is 36.4 Å². The second-order valence-corrected chi connectivity index (χ2v) is 10.3. The van der Waals surface area contributed by atoms with Crippen LogP contribution in [0.1, 0.15) is 63.8 Å². The van der Waals surface area contributed by atoms with E-state index in [1.54, 1.807) is 37.7 Å². The third-order valence-electron chi connectivity index (χ3n) is 5.34. The molecular formula is C33H40CoN2O7. The van der Waals surface area contributed by atoms with Gasteiger partial charge in [-0.05, 0) is 86.1 Å². The van der Waals surface area contributed by atoms with Crippen LogP contribution in [-0.2, 0) is 39.2 Å². The maximum absolute atomic E-state index is 10.3. The van der Waals surface area contributed by atoms with Crippen molar-refractivity contribution < 1.29 is 51.5 Å². The van der Waals surface area contributed by atoms with Gasteiger partial charge in [-0.1, -0.05) is 39.8 Å². The molecule has 0 saturated carbocycles. The maximum atomic E-state index is 10.3. The zero-order valence-corrected chi connectivity index (χ0v) is 26.6. The molecule has 0 aliphatic carbocycles. The Kier molecular flexibility index (Phi) is 18.0. The van der Waals surface area contributed by atoms with Crippen molar-refractivity contribution in [2.45, 2.75) is 54.4 Å². The number of carboxylic acids is 2. The average molecular weight is 636 g/mol. The van der Waals surface area contributed by atoms with Gasteiger partial charge in [-0.15, -0.1) is 0 Å². The largest absolute Gasteiger partial charge is 2.00 e. The number of carbonyl (C=O) groups excluding carboxylic acids is 2. The van der Waals surface area contributed by atoms with Gasteiger partial charge in [-0.25, -0.2) is 0 Å². The summed E-state index contributed by atoms with van der Waals surface area (Å²) in [6, 6.07) is 16.7. The van der Waals surface area contributed by atoms with Crippen LogP contribution < -0.4 is 14.9 Å². The predicted octanol–water partition coefficient (Wildman–Crippen LogP) is 4.51. The first-order chi connectivity index (χ1) is 19.7. The molecule has 0 heterocycles. The van der Waals surface area contributed by atoms with Gasteiger partial charge in [0.25, 0.3) is 0 Å². The molecule has 1 radical (unpaired) electrons. The topological polar surface area (TPSA) is 155 Å². The van der Waals surface area contributed by atoms with E-state index in [1.165, 1.54) is 0 Å². The quantitative estimate of drug-likeness (QED) is 0.328. The summed E-state index contributed by atoms with van der Waals surface area (Å²) in [5.74, 6) is -0.111. The minimum absolute atomic E-state index is 0. The Hall–Kier alpha value is -4.15. The molecular weight excluding hydrogens is 595 g/mol. The van der Waals surface area contributed by atoms with E-state index in [2.05, 4.69) is 37.7 Å². The molecule has 9 nitrogen and oxygen atoms in total. The van der Waals surface area contributed by atoms with Gasteiger partial charge in [-0.2, -0.15) is 0 Å². The Balaban J connectivity index is 0.00000174. The van der Waals surface area contributed by atoms with Crippen molar-refractivity contribution in [2.24, 2.45) is 21.8 Å². The standard InChI is InChI=1S/C29H34N2O3.2C2H4O2.Co/c1-19(2)12-21-6-10-28(32)23(14-21)17-30-26-9-8-25(34-5)16-27(26)31-18-24-15-22(13-20(3)4)7-11-29(24)33;2*1-2(3)4;/h6-11,14-20,32-33H,12-13H2,1-5H3;2*1H3,(H,3,4);/q;;;+2/p-2. The van der Waals surface area contributed by atoms with Gasteiger partial charge < -0.3 is 34.8 Å². The molecule has 0 atom stereocenters. The number of aliphatic imine (C=N–C) groups is 2. The number of methoxy groups -OCH3 is 1. The van der Waals surface area contributed by atoms with Crippen LogP contribution in [0.4, 0.5) is 11.4 Å². The van der Waals surface area contributed by atoms with Crippen LogP contribution in [0.2, 0.25) is 0 Å². The number of hydrogen-bond donors (Lipinski definition) is 2. The Bertz CT molecular complexity index is 1370. The summed E-state index contributed by atoms with van der Waals surface area (Å²) in [4.78, 5) is 27.0. The number of aromatic hydroxyl groups is 2. The van der Waals surface area contributed by atoms with Crippen molar-refractivity contribution in [2.75, 3.05) is 7.11 Å². The minimum atomic E-state index is -1.08. The van der Waals surface area contributed by atoms with Crippen molar-refractivity contribution in [1.29, 1.82) is 0 Å². The normalized spacial score (nSPS) is 10.5. The van der Waals surface area contributed by atoms with Crippen molar-refractivity contribution in [3.8, 4) is 17.2 Å². The van der Waals surface area contributed by atoms with E-state index in [4.69, 9.17) is 24.5 Å². The van der Waals surface area contributed by atoms with E-state index in [-0.39, 0.29) is 28.3 Å². The summed E-state index contributed by atoms with van der Waals surface area (Å²) in [5, 5.41) is 38.4. The fourth-order valence-corrected chi connectivity index (χ4v) is 3.73.